The van der Waals surface area contributed by atoms with E-state index in [2.05, 4.69) is 9.97 Å². The highest BCUT2D eigenvalue weighted by atomic mass is 32.2. The number of aryl methyl sites for hydroxylation is 1. The van der Waals surface area contributed by atoms with Crippen LogP contribution in [0.3, 0.4) is 0 Å². The van der Waals surface area contributed by atoms with Crippen molar-refractivity contribution in [1.29, 1.82) is 0 Å². The van der Waals surface area contributed by atoms with Crippen LogP contribution in [0.25, 0.3) is 10.2 Å². The smallest absolute Gasteiger partial charge is 0.211 e. The highest BCUT2D eigenvalue weighted by Crippen LogP contribution is 2.29. The van der Waals surface area contributed by atoms with E-state index in [0.717, 1.165) is 20.8 Å². The van der Waals surface area contributed by atoms with Crippen LogP contribution in [0.2, 0.25) is 0 Å². The fourth-order valence-corrected chi connectivity index (χ4v) is 5.53. The SMILES string of the molecule is Cc1ccc2sc(S(=O)(=O)Cc3csc(C(C)C)n3)nc2c1. The summed E-state index contributed by atoms with van der Waals surface area (Å²) < 4.78 is 26.2. The van der Waals surface area contributed by atoms with E-state index >= 15 is 0 Å². The van der Waals surface area contributed by atoms with E-state index in [1.54, 1.807) is 0 Å². The first-order chi connectivity index (χ1) is 10.3. The van der Waals surface area contributed by atoms with Gasteiger partial charge in [-0.25, -0.2) is 18.4 Å². The lowest BCUT2D eigenvalue weighted by Gasteiger charge is -1.98. The number of rotatable bonds is 4. The van der Waals surface area contributed by atoms with Crippen molar-refractivity contribution in [1.82, 2.24) is 9.97 Å². The summed E-state index contributed by atoms with van der Waals surface area (Å²) in [5.41, 5.74) is 2.41. The molecule has 0 radical (unpaired) electrons. The molecule has 1 aromatic carbocycles. The van der Waals surface area contributed by atoms with Gasteiger partial charge in [-0.1, -0.05) is 19.9 Å². The molecule has 2 aromatic heterocycles. The van der Waals surface area contributed by atoms with Gasteiger partial charge in [-0.15, -0.1) is 22.7 Å². The van der Waals surface area contributed by atoms with E-state index in [0.29, 0.717) is 11.6 Å². The van der Waals surface area contributed by atoms with Crippen LogP contribution in [0.5, 0.6) is 0 Å². The first kappa shape index (κ1) is 15.6. The lowest BCUT2D eigenvalue weighted by Crippen LogP contribution is -2.05. The van der Waals surface area contributed by atoms with Gasteiger partial charge in [0.15, 0.2) is 0 Å². The Morgan fingerprint density at radius 1 is 1.23 bits per heavy atom. The Bertz CT molecular complexity index is 923. The number of nitrogens with zero attached hydrogens (tertiary/aromatic N) is 2. The van der Waals surface area contributed by atoms with Crippen molar-refractivity contribution in [2.24, 2.45) is 0 Å². The standard InChI is InChI=1S/C15H16N2O2S3/c1-9(2)14-16-11(7-20-14)8-22(18,19)15-17-12-6-10(3)4-5-13(12)21-15/h4-7,9H,8H2,1-3H3. The number of benzene rings is 1. The molecule has 7 heteroatoms. The molecule has 0 bridgehead atoms. The number of thiazole rings is 2. The second kappa shape index (κ2) is 5.72. The molecular weight excluding hydrogens is 336 g/mol. The predicted octanol–water partition coefficient (Wildman–Crippen LogP) is 4.16. The summed E-state index contributed by atoms with van der Waals surface area (Å²) in [5, 5.41) is 2.79. The van der Waals surface area contributed by atoms with E-state index in [-0.39, 0.29) is 10.1 Å². The predicted molar refractivity (Wildman–Crippen MR) is 91.4 cm³/mol. The maximum atomic E-state index is 12.5. The summed E-state index contributed by atoms with van der Waals surface area (Å²) in [6.45, 7) is 6.07. The van der Waals surface area contributed by atoms with Gasteiger partial charge in [-0.2, -0.15) is 0 Å². The van der Waals surface area contributed by atoms with Crippen LogP contribution in [0.15, 0.2) is 27.9 Å². The summed E-state index contributed by atoms with van der Waals surface area (Å²) in [6.07, 6.45) is 0. The van der Waals surface area contributed by atoms with Gasteiger partial charge >= 0.3 is 0 Å². The molecule has 0 amide bonds. The largest absolute Gasteiger partial charge is 0.245 e. The number of fused-ring (bicyclic) bond motifs is 1. The van der Waals surface area contributed by atoms with Crippen LogP contribution in [-0.2, 0) is 15.6 Å². The molecule has 116 valence electrons. The average molecular weight is 353 g/mol. The van der Waals surface area contributed by atoms with Crippen molar-refractivity contribution in [3.8, 4) is 0 Å². The molecule has 0 aliphatic heterocycles. The van der Waals surface area contributed by atoms with Gasteiger partial charge in [0.1, 0.15) is 5.75 Å². The topological polar surface area (TPSA) is 59.9 Å². The summed E-state index contributed by atoms with van der Waals surface area (Å²) in [4.78, 5) is 8.69. The lowest BCUT2D eigenvalue weighted by molar-refractivity contribution is 0.594. The number of hydrogen-bond acceptors (Lipinski definition) is 6. The van der Waals surface area contributed by atoms with E-state index < -0.39 is 9.84 Å². The molecular formula is C15H16N2O2S3. The first-order valence-electron chi connectivity index (χ1n) is 6.89. The Morgan fingerprint density at radius 3 is 2.68 bits per heavy atom. The van der Waals surface area contributed by atoms with Crippen molar-refractivity contribution < 1.29 is 8.42 Å². The first-order valence-corrected chi connectivity index (χ1v) is 10.2. The molecule has 0 aliphatic rings. The lowest BCUT2D eigenvalue weighted by atomic mass is 10.2. The Kier molecular flexibility index (Phi) is 4.05. The minimum atomic E-state index is -3.45. The van der Waals surface area contributed by atoms with Gasteiger partial charge in [0.25, 0.3) is 0 Å². The number of aromatic nitrogens is 2. The highest BCUT2D eigenvalue weighted by Gasteiger charge is 2.22. The minimum Gasteiger partial charge on any atom is -0.245 e. The zero-order valence-electron chi connectivity index (χ0n) is 12.5. The summed E-state index contributed by atoms with van der Waals surface area (Å²) in [5.74, 6) is 0.224. The summed E-state index contributed by atoms with van der Waals surface area (Å²) in [7, 11) is -3.45. The van der Waals surface area contributed by atoms with E-state index in [1.807, 2.05) is 44.4 Å². The van der Waals surface area contributed by atoms with Crippen molar-refractivity contribution in [2.75, 3.05) is 0 Å². The molecule has 0 unspecified atom stereocenters. The Morgan fingerprint density at radius 2 is 2.00 bits per heavy atom. The molecule has 0 fully saturated rings. The Balaban J connectivity index is 1.93. The summed E-state index contributed by atoms with van der Waals surface area (Å²) in [6, 6.07) is 5.79. The number of sulfone groups is 1. The second-order valence-corrected chi connectivity index (χ2v) is 9.63. The minimum absolute atomic E-state index is 0.0883. The second-order valence-electron chi connectivity index (χ2n) is 5.54. The third-order valence-corrected chi connectivity index (χ3v) is 7.53. The van der Waals surface area contributed by atoms with Crippen molar-refractivity contribution in [3.63, 3.8) is 0 Å². The molecule has 3 aromatic rings. The zero-order valence-corrected chi connectivity index (χ0v) is 15.0. The molecule has 3 rings (SSSR count). The third-order valence-electron chi connectivity index (χ3n) is 3.19. The van der Waals surface area contributed by atoms with Gasteiger partial charge in [0.05, 0.1) is 20.9 Å². The number of hydrogen-bond donors (Lipinski definition) is 0. The van der Waals surface area contributed by atoms with E-state index in [1.165, 1.54) is 22.7 Å². The van der Waals surface area contributed by atoms with Crippen molar-refractivity contribution in [2.45, 2.75) is 36.8 Å². The van der Waals surface area contributed by atoms with E-state index in [4.69, 9.17) is 0 Å². The van der Waals surface area contributed by atoms with Crippen LogP contribution in [0.1, 0.15) is 36.0 Å². The van der Waals surface area contributed by atoms with Crippen LogP contribution in [0, 0.1) is 6.92 Å². The van der Waals surface area contributed by atoms with Crippen molar-refractivity contribution >= 4 is 42.7 Å². The third kappa shape index (κ3) is 3.06. The molecule has 4 nitrogen and oxygen atoms in total. The maximum Gasteiger partial charge on any atom is 0.211 e. The average Bonchev–Trinajstić information content (AvgIpc) is 3.04. The van der Waals surface area contributed by atoms with Gasteiger partial charge in [0.2, 0.25) is 14.2 Å². The van der Waals surface area contributed by atoms with Gasteiger partial charge in [-0.05, 0) is 24.6 Å². The fourth-order valence-electron chi connectivity index (χ4n) is 2.06. The van der Waals surface area contributed by atoms with Crippen LogP contribution >= 0.6 is 22.7 Å². The van der Waals surface area contributed by atoms with Crippen LogP contribution < -0.4 is 0 Å². The molecule has 0 aliphatic carbocycles. The molecule has 0 saturated carbocycles. The molecule has 0 saturated heterocycles. The normalized spacial score (nSPS) is 12.4. The summed E-state index contributed by atoms with van der Waals surface area (Å²) >= 11 is 2.73. The fraction of sp³-hybridized carbons (Fsp3) is 0.333. The highest BCUT2D eigenvalue weighted by molar-refractivity contribution is 7.92. The molecule has 2 heterocycles. The zero-order chi connectivity index (χ0) is 15.9. The monoisotopic (exact) mass is 352 g/mol. The maximum absolute atomic E-state index is 12.5. The molecule has 0 atom stereocenters. The van der Waals surface area contributed by atoms with Gasteiger partial charge in [-0.3, -0.25) is 0 Å². The van der Waals surface area contributed by atoms with Crippen molar-refractivity contribution in [3.05, 3.63) is 39.8 Å². The Labute approximate surface area is 137 Å². The molecule has 22 heavy (non-hydrogen) atoms. The molecule has 0 N–H and O–H groups in total. The van der Waals surface area contributed by atoms with E-state index in [9.17, 15) is 8.42 Å². The quantitative estimate of drug-likeness (QED) is 0.707. The van der Waals surface area contributed by atoms with Gasteiger partial charge in [0, 0.05) is 11.3 Å². The molecule has 0 spiro atoms. The van der Waals surface area contributed by atoms with Gasteiger partial charge < -0.3 is 0 Å². The van der Waals surface area contributed by atoms with Crippen LogP contribution in [-0.4, -0.2) is 18.4 Å². The Hall–Kier alpha value is -1.31. The van der Waals surface area contributed by atoms with Crippen LogP contribution in [0.4, 0.5) is 0 Å².